The quantitative estimate of drug-likeness (QED) is 0.0157. The number of aliphatic hydroxyl groups is 1. The van der Waals surface area contributed by atoms with Gasteiger partial charge in [-0.1, -0.05) is 60.7 Å². The van der Waals surface area contributed by atoms with E-state index in [2.05, 4.69) is 0 Å². The fourth-order valence-corrected chi connectivity index (χ4v) is 15.1. The Morgan fingerprint density at radius 1 is 0.385 bits per heavy atom. The maximum Gasteiger partial charge on any atom is 0.347 e. The van der Waals surface area contributed by atoms with Crippen molar-refractivity contribution in [2.24, 2.45) is 35.5 Å². The van der Waals surface area contributed by atoms with Crippen molar-refractivity contribution in [1.29, 1.82) is 0 Å². The lowest BCUT2D eigenvalue weighted by Crippen LogP contribution is -2.79. The number of ether oxygens (including phenoxy) is 11. The van der Waals surface area contributed by atoms with E-state index in [9.17, 15) is 95.2 Å². The van der Waals surface area contributed by atoms with Crippen molar-refractivity contribution in [3.63, 3.8) is 0 Å². The van der Waals surface area contributed by atoms with Crippen LogP contribution in [0.3, 0.4) is 0 Å². The van der Waals surface area contributed by atoms with Gasteiger partial charge in [0.25, 0.3) is 0 Å². The maximum absolute atomic E-state index is 16.0. The molecular weight excluding hydrogens is 1440 g/mol. The summed E-state index contributed by atoms with van der Waals surface area (Å²) in [7, 11) is 5.08. The minimum atomic E-state index is -3.01. The highest BCUT2D eigenvalue weighted by molar-refractivity contribution is 5.89. The van der Waals surface area contributed by atoms with E-state index in [4.69, 9.17) is 52.1 Å². The smallest absolute Gasteiger partial charge is 0.347 e. The van der Waals surface area contributed by atoms with Crippen LogP contribution in [0.4, 0.5) is 0 Å². The van der Waals surface area contributed by atoms with Crippen molar-refractivity contribution in [1.82, 2.24) is 0 Å². The molecule has 0 amide bonds. The van der Waals surface area contributed by atoms with Gasteiger partial charge in [-0.3, -0.25) is 9.59 Å². The Labute approximate surface area is 618 Å². The van der Waals surface area contributed by atoms with Gasteiger partial charge in [0.15, 0.2) is 69.0 Å². The number of fused-ring (bicyclic) bond motifs is 2. The fraction of sp³-hybridized carbons (Fsp3) is 0.325. The van der Waals surface area contributed by atoms with Crippen LogP contribution in [0.25, 0.3) is 0 Å². The van der Waals surface area contributed by atoms with E-state index in [1.165, 1.54) is 48.6 Å². The van der Waals surface area contributed by atoms with E-state index in [1.807, 2.05) is 0 Å². The lowest BCUT2D eigenvalue weighted by Gasteiger charge is -2.68. The van der Waals surface area contributed by atoms with Crippen LogP contribution >= 0.6 is 0 Å². The number of phenols is 12. The van der Waals surface area contributed by atoms with E-state index >= 15 is 9.59 Å². The molecule has 1 saturated heterocycles. The zero-order valence-corrected chi connectivity index (χ0v) is 58.3. The van der Waals surface area contributed by atoms with Gasteiger partial charge >= 0.3 is 47.8 Å². The van der Waals surface area contributed by atoms with Gasteiger partial charge in [0.1, 0.15) is 12.2 Å². The molecule has 0 aromatic heterocycles. The minimum absolute atomic E-state index is 0.00302. The van der Waals surface area contributed by atoms with Crippen LogP contribution in [0.5, 0.6) is 69.0 Å². The number of carbonyl (C=O) groups is 8. The first-order valence-electron chi connectivity index (χ1n) is 33.5. The molecular formula is C77H74O32. The first kappa shape index (κ1) is 77.6. The molecule has 1 aliphatic heterocycles. The van der Waals surface area contributed by atoms with E-state index < -0.39 is 238 Å². The topological polar surface area (TPSA) is 501 Å². The van der Waals surface area contributed by atoms with Crippen molar-refractivity contribution in [3.8, 4) is 69.0 Å². The highest BCUT2D eigenvalue weighted by atomic mass is 16.8. The molecule has 574 valence electrons. The standard InChI is InChI=1S/C77H74O32/c1-99-70(92)56(26-34-6-14-44(78)50(84)22-34)104-60(90)20-12-40-30-42-62(38-10-18-48(82)54(88)32-38)64(74(96)106-58(72(94)101-3)28-36-8-16-46(80)52(86)24-36)66(40)76(98)68(42)109-77(103-5)67-41(13-21-61(91)105-57(71(93)100-2)27-35-7-15-45(79)51(85)23-35)31-43(69(77)108-76)63(39-11-19-49(83)55(89)33-39)65(67)75(97)107-59(73(95)102-4)29-37-9-17-47(81)53(87)25-37/h6-25,30-33,42-43,56-59,62-69,78-89,98H,26-29H2,1-5H3/b20-12+,21-13-/t42-,43-,56?,57?,58?,59?,62-,63-,64+,65+,66+,67+,68-,69-,76+,77+/m0/s1. The van der Waals surface area contributed by atoms with Crippen molar-refractivity contribution in [3.05, 3.63) is 190 Å². The highest BCUT2D eigenvalue weighted by Gasteiger charge is 2.77. The van der Waals surface area contributed by atoms with Crippen molar-refractivity contribution in [2.75, 3.05) is 35.5 Å². The summed E-state index contributed by atoms with van der Waals surface area (Å²) in [5, 5.41) is 141. The summed E-state index contributed by atoms with van der Waals surface area (Å²) >= 11 is 0. The summed E-state index contributed by atoms with van der Waals surface area (Å²) in [5.74, 6) is -36.2. The number of phenolic OH excluding ortho intramolecular Hbond substituents is 12. The third-order valence-electron chi connectivity index (χ3n) is 20.0. The van der Waals surface area contributed by atoms with Crippen LogP contribution in [0, 0.1) is 35.5 Å². The van der Waals surface area contributed by atoms with E-state index in [-0.39, 0.29) is 44.5 Å². The van der Waals surface area contributed by atoms with Crippen molar-refractivity contribution >= 4 is 47.8 Å². The van der Waals surface area contributed by atoms with Crippen LogP contribution in [0.15, 0.2) is 157 Å². The van der Waals surface area contributed by atoms with Crippen LogP contribution in [0.1, 0.15) is 45.2 Å². The number of hydrogen-bond donors (Lipinski definition) is 13. The fourth-order valence-electron chi connectivity index (χ4n) is 15.1. The molecule has 0 radical (unpaired) electrons. The second-order valence-corrected chi connectivity index (χ2v) is 26.4. The minimum Gasteiger partial charge on any atom is -0.504 e. The molecule has 0 spiro atoms. The van der Waals surface area contributed by atoms with Crippen molar-refractivity contribution in [2.45, 2.75) is 85.7 Å². The second-order valence-electron chi connectivity index (χ2n) is 26.4. The van der Waals surface area contributed by atoms with Gasteiger partial charge in [0, 0.05) is 68.6 Å². The summed E-state index contributed by atoms with van der Waals surface area (Å²) in [6.07, 6.45) is -6.27. The molecule has 16 atom stereocenters. The Morgan fingerprint density at radius 3 is 1.01 bits per heavy atom. The molecule has 6 aliphatic carbocycles. The van der Waals surface area contributed by atoms with Crippen LogP contribution < -0.4 is 0 Å². The number of rotatable bonds is 25. The number of aromatic hydroxyl groups is 12. The Hall–Kier alpha value is -12.5. The zero-order valence-electron chi connectivity index (χ0n) is 58.3. The Bertz CT molecular complexity index is 4710. The first-order valence-corrected chi connectivity index (χ1v) is 33.5. The molecule has 7 aliphatic rings. The monoisotopic (exact) mass is 1510 g/mol. The van der Waals surface area contributed by atoms with E-state index in [0.29, 0.717) is 0 Å². The Kier molecular flexibility index (Phi) is 22.4. The molecule has 4 bridgehead atoms. The Morgan fingerprint density at radius 2 is 0.688 bits per heavy atom. The summed E-state index contributed by atoms with van der Waals surface area (Å²) < 4.78 is 64.9. The van der Waals surface area contributed by atoms with E-state index in [1.54, 1.807) is 0 Å². The second kappa shape index (κ2) is 31.5. The van der Waals surface area contributed by atoms with Gasteiger partial charge in [0.2, 0.25) is 36.0 Å². The number of carbonyl (C=O) groups excluding carboxylic acids is 8. The summed E-state index contributed by atoms with van der Waals surface area (Å²) in [5.41, 5.74) is 0.335. The highest BCUT2D eigenvalue weighted by Crippen LogP contribution is 2.68. The van der Waals surface area contributed by atoms with Gasteiger partial charge in [-0.15, -0.1) is 0 Å². The number of methoxy groups -OCH3 is 5. The number of esters is 8. The molecule has 13 rings (SSSR count). The van der Waals surface area contributed by atoms with Gasteiger partial charge in [-0.05, 0) is 117 Å². The molecule has 6 aromatic carbocycles. The number of benzene rings is 6. The third kappa shape index (κ3) is 15.4. The summed E-state index contributed by atoms with van der Waals surface area (Å²) in [6.45, 7) is 0. The predicted octanol–water partition coefficient (Wildman–Crippen LogP) is 4.86. The average Bonchev–Trinajstić information content (AvgIpc) is 0.668. The molecule has 32 heteroatoms. The molecule has 109 heavy (non-hydrogen) atoms. The maximum atomic E-state index is 16.0. The third-order valence-corrected chi connectivity index (χ3v) is 20.0. The lowest BCUT2D eigenvalue weighted by molar-refractivity contribution is -0.479. The SMILES string of the molecule is COC(=O)C(Cc1ccc(O)c(O)c1)OC(=O)/C=C\C1=C[C@H]2[C@H](c3ccc(O)c(O)c3)[C@@H](C(=O)OC(Cc3ccc(O)c(O)c3)C(=O)OC)[C@@H]1[C@@]1(OC)O[C@H]3[C@H]4C=C(/C=C/C(=O)OC(Cc5ccc(O)c(O)c5)C(=O)OC)[C@H]([C@H](C(=O)OC(Cc5ccc(O)c(O)c5)C(=O)OC)[C@H]4c4ccc(O)c(O)c4)[C@@]3(O)O[C@@H]21. The largest absolute Gasteiger partial charge is 0.504 e. The summed E-state index contributed by atoms with van der Waals surface area (Å²) in [6, 6.07) is 20.9. The van der Waals surface area contributed by atoms with Crippen LogP contribution in [0.2, 0.25) is 0 Å². The lowest BCUT2D eigenvalue weighted by atomic mass is 9.50. The molecule has 4 unspecified atom stereocenters. The summed E-state index contributed by atoms with van der Waals surface area (Å²) in [4.78, 5) is 115. The molecule has 2 saturated carbocycles. The number of hydrogen-bond acceptors (Lipinski definition) is 32. The molecule has 1 heterocycles. The van der Waals surface area contributed by atoms with Crippen molar-refractivity contribution < 1.29 is 157 Å². The first-order chi connectivity index (χ1) is 51.8. The van der Waals surface area contributed by atoms with Gasteiger partial charge < -0.3 is 118 Å². The number of allylic oxidation sites excluding steroid dienone is 2. The van der Waals surface area contributed by atoms with Gasteiger partial charge in [-0.2, -0.15) is 0 Å². The van der Waals surface area contributed by atoms with E-state index in [0.717, 1.165) is 133 Å². The van der Waals surface area contributed by atoms with Gasteiger partial charge in [-0.25, -0.2) is 28.8 Å². The van der Waals surface area contributed by atoms with Crippen LogP contribution in [-0.4, -0.2) is 198 Å². The normalized spacial score (nSPS) is 24.7. The van der Waals surface area contributed by atoms with Gasteiger partial charge in [0.05, 0.1) is 52.1 Å². The molecule has 3 fully saturated rings. The Balaban J connectivity index is 1.09. The molecule has 6 aromatic rings. The zero-order chi connectivity index (χ0) is 78.8. The molecule has 13 N–H and O–H groups in total. The average molecular weight is 1510 g/mol. The van der Waals surface area contributed by atoms with Crippen LogP contribution in [-0.2, 0) is 116 Å². The molecule has 32 nitrogen and oxygen atoms in total. The predicted molar refractivity (Wildman–Crippen MR) is 366 cm³/mol.